The van der Waals surface area contributed by atoms with E-state index in [1.165, 1.54) is 31.5 Å². The Morgan fingerprint density at radius 2 is 2.06 bits per heavy atom. The van der Waals surface area contributed by atoms with E-state index in [-0.39, 0.29) is 5.56 Å². The number of methoxy groups -OCH3 is 1. The third-order valence-corrected chi connectivity index (χ3v) is 3.36. The SMILES string of the molecule is COc1ccc(F)c(/C=N/[S@@](=O)C(C)(C)C)c1. The molecule has 3 nitrogen and oxygen atoms in total. The first-order valence-electron chi connectivity index (χ1n) is 5.14. The van der Waals surface area contributed by atoms with Gasteiger partial charge in [0.05, 0.1) is 11.9 Å². The first-order valence-corrected chi connectivity index (χ1v) is 6.25. The van der Waals surface area contributed by atoms with E-state index in [2.05, 4.69) is 4.40 Å². The van der Waals surface area contributed by atoms with Gasteiger partial charge in [-0.2, -0.15) is 4.40 Å². The Labute approximate surface area is 103 Å². The van der Waals surface area contributed by atoms with Gasteiger partial charge in [0.15, 0.2) is 0 Å². The smallest absolute Gasteiger partial charge is 0.144 e. The van der Waals surface area contributed by atoms with Crippen LogP contribution in [0.4, 0.5) is 4.39 Å². The van der Waals surface area contributed by atoms with Crippen LogP contribution < -0.4 is 4.74 Å². The number of hydrogen-bond donors (Lipinski definition) is 0. The molecule has 0 aliphatic heterocycles. The molecule has 0 aliphatic carbocycles. The molecule has 0 fully saturated rings. The lowest BCUT2D eigenvalue weighted by Crippen LogP contribution is -2.19. The predicted octanol–water partition coefficient (Wildman–Crippen LogP) is 2.72. The van der Waals surface area contributed by atoms with Crippen LogP contribution in [-0.4, -0.2) is 22.3 Å². The second-order valence-corrected chi connectivity index (χ2v) is 6.42. The van der Waals surface area contributed by atoms with Gasteiger partial charge in [0.1, 0.15) is 22.6 Å². The maximum Gasteiger partial charge on any atom is 0.144 e. The lowest BCUT2D eigenvalue weighted by atomic mass is 10.2. The fraction of sp³-hybridized carbons (Fsp3) is 0.417. The van der Waals surface area contributed by atoms with Crippen LogP contribution in [0.2, 0.25) is 0 Å². The van der Waals surface area contributed by atoms with E-state index >= 15 is 0 Å². The van der Waals surface area contributed by atoms with Crippen molar-refractivity contribution in [2.75, 3.05) is 7.11 Å². The average Bonchev–Trinajstić information content (AvgIpc) is 2.26. The van der Waals surface area contributed by atoms with Crippen molar-refractivity contribution in [1.29, 1.82) is 0 Å². The molecule has 17 heavy (non-hydrogen) atoms. The van der Waals surface area contributed by atoms with Crippen molar-refractivity contribution in [1.82, 2.24) is 0 Å². The molecule has 0 saturated heterocycles. The zero-order valence-electron chi connectivity index (χ0n) is 10.4. The minimum Gasteiger partial charge on any atom is -0.497 e. The van der Waals surface area contributed by atoms with E-state index < -0.39 is 21.5 Å². The Kier molecular flexibility index (Phi) is 4.40. The zero-order valence-corrected chi connectivity index (χ0v) is 11.2. The highest BCUT2D eigenvalue weighted by Gasteiger charge is 2.18. The molecule has 1 rings (SSSR count). The summed E-state index contributed by atoms with van der Waals surface area (Å²) in [6, 6.07) is 4.33. The van der Waals surface area contributed by atoms with Gasteiger partial charge in [0.25, 0.3) is 0 Å². The highest BCUT2D eigenvalue weighted by Crippen LogP contribution is 2.16. The molecule has 1 atom stereocenters. The number of rotatable bonds is 3. The van der Waals surface area contributed by atoms with Crippen LogP contribution in [0.15, 0.2) is 22.6 Å². The number of hydrogen-bond acceptors (Lipinski definition) is 2. The fourth-order valence-corrected chi connectivity index (χ4v) is 1.54. The third-order valence-electron chi connectivity index (χ3n) is 2.01. The summed E-state index contributed by atoms with van der Waals surface area (Å²) in [5, 5.41) is 0. The third kappa shape index (κ3) is 3.93. The van der Waals surface area contributed by atoms with Gasteiger partial charge in [-0.05, 0) is 39.0 Å². The largest absolute Gasteiger partial charge is 0.497 e. The monoisotopic (exact) mass is 257 g/mol. The number of ether oxygens (including phenoxy) is 1. The summed E-state index contributed by atoms with van der Waals surface area (Å²) < 4.78 is 33.5. The van der Waals surface area contributed by atoms with Crippen LogP contribution in [0.1, 0.15) is 26.3 Å². The van der Waals surface area contributed by atoms with Crippen LogP contribution in [0.25, 0.3) is 0 Å². The van der Waals surface area contributed by atoms with Crippen molar-refractivity contribution in [2.45, 2.75) is 25.5 Å². The van der Waals surface area contributed by atoms with Crippen molar-refractivity contribution in [2.24, 2.45) is 4.40 Å². The summed E-state index contributed by atoms with van der Waals surface area (Å²) >= 11 is 0. The summed E-state index contributed by atoms with van der Waals surface area (Å²) in [5.74, 6) is 0.120. The molecule has 0 spiro atoms. The molecule has 0 bridgehead atoms. The van der Waals surface area contributed by atoms with Gasteiger partial charge in [0, 0.05) is 11.8 Å². The second-order valence-electron chi connectivity index (χ2n) is 4.48. The van der Waals surface area contributed by atoms with E-state index in [1.54, 1.807) is 0 Å². The van der Waals surface area contributed by atoms with Gasteiger partial charge in [-0.25, -0.2) is 8.60 Å². The van der Waals surface area contributed by atoms with Gasteiger partial charge in [-0.15, -0.1) is 0 Å². The van der Waals surface area contributed by atoms with E-state index in [4.69, 9.17) is 4.74 Å². The first kappa shape index (κ1) is 13.8. The summed E-state index contributed by atoms with van der Waals surface area (Å²) in [6.45, 7) is 5.42. The minimum atomic E-state index is -1.39. The summed E-state index contributed by atoms with van der Waals surface area (Å²) in [4.78, 5) is 0. The lowest BCUT2D eigenvalue weighted by Gasteiger charge is -2.12. The average molecular weight is 257 g/mol. The molecule has 94 valence electrons. The predicted molar refractivity (Wildman–Crippen MR) is 68.4 cm³/mol. The summed E-state index contributed by atoms with van der Waals surface area (Å²) in [7, 11) is 0.109. The molecule has 0 aliphatic rings. The Morgan fingerprint density at radius 3 is 2.59 bits per heavy atom. The summed E-state index contributed by atoms with van der Waals surface area (Å²) in [5.41, 5.74) is 0.266. The molecule has 0 N–H and O–H groups in total. The van der Waals surface area contributed by atoms with Gasteiger partial charge < -0.3 is 4.74 Å². The molecule has 0 amide bonds. The van der Waals surface area contributed by atoms with E-state index in [0.29, 0.717) is 5.75 Å². The Hall–Kier alpha value is -1.23. The van der Waals surface area contributed by atoms with Crippen LogP contribution in [-0.2, 0) is 11.0 Å². The van der Waals surface area contributed by atoms with Crippen LogP contribution >= 0.6 is 0 Å². The van der Waals surface area contributed by atoms with Gasteiger partial charge in [0.2, 0.25) is 0 Å². The van der Waals surface area contributed by atoms with Crippen LogP contribution in [0.3, 0.4) is 0 Å². The number of nitrogens with zero attached hydrogens (tertiary/aromatic N) is 1. The second kappa shape index (κ2) is 5.40. The van der Waals surface area contributed by atoms with Gasteiger partial charge in [-0.1, -0.05) is 0 Å². The van der Waals surface area contributed by atoms with Gasteiger partial charge in [-0.3, -0.25) is 0 Å². The molecule has 0 heterocycles. The zero-order chi connectivity index (χ0) is 13.1. The number of benzene rings is 1. The molecule has 0 aromatic heterocycles. The van der Waals surface area contributed by atoms with Crippen molar-refractivity contribution in [3.8, 4) is 5.75 Å². The maximum absolute atomic E-state index is 13.4. The molecule has 1 aromatic rings. The van der Waals surface area contributed by atoms with E-state index in [9.17, 15) is 8.60 Å². The van der Waals surface area contributed by atoms with Crippen LogP contribution in [0, 0.1) is 5.82 Å². The topological polar surface area (TPSA) is 38.7 Å². The van der Waals surface area contributed by atoms with E-state index in [0.717, 1.165) is 0 Å². The normalized spacial score (nSPS) is 13.9. The molecular formula is C12H16FNO2S. The van der Waals surface area contributed by atoms with Crippen LogP contribution in [0.5, 0.6) is 5.75 Å². The first-order chi connectivity index (χ1) is 7.84. The van der Waals surface area contributed by atoms with Gasteiger partial charge >= 0.3 is 0 Å². The highest BCUT2D eigenvalue weighted by atomic mass is 32.2. The van der Waals surface area contributed by atoms with Crippen molar-refractivity contribution < 1.29 is 13.3 Å². The van der Waals surface area contributed by atoms with Crippen molar-refractivity contribution in [3.63, 3.8) is 0 Å². The minimum absolute atomic E-state index is 0.266. The maximum atomic E-state index is 13.4. The standard InChI is InChI=1S/C12H16FNO2S/c1-12(2,3)17(15)14-8-9-7-10(16-4)5-6-11(9)13/h5-8H,1-4H3/b14-8+/t17-/m0/s1. The molecule has 0 radical (unpaired) electrons. The molecule has 0 saturated carbocycles. The Bertz CT molecular complexity index is 452. The quantitative estimate of drug-likeness (QED) is 0.781. The Balaban J connectivity index is 2.95. The molecule has 1 aromatic carbocycles. The molecular weight excluding hydrogens is 241 g/mol. The van der Waals surface area contributed by atoms with Crippen molar-refractivity contribution in [3.05, 3.63) is 29.6 Å². The van der Waals surface area contributed by atoms with Crippen molar-refractivity contribution >= 4 is 17.2 Å². The Morgan fingerprint density at radius 1 is 1.41 bits per heavy atom. The fourth-order valence-electron chi connectivity index (χ4n) is 1.01. The molecule has 5 heteroatoms. The summed E-state index contributed by atoms with van der Waals surface area (Å²) in [6.07, 6.45) is 1.28. The number of halogens is 1. The van der Waals surface area contributed by atoms with E-state index in [1.807, 2.05) is 20.8 Å². The lowest BCUT2D eigenvalue weighted by molar-refractivity contribution is 0.413. The highest BCUT2D eigenvalue weighted by molar-refractivity contribution is 7.85. The molecule has 0 unspecified atom stereocenters.